The van der Waals surface area contributed by atoms with Crippen molar-refractivity contribution in [2.24, 2.45) is 10.9 Å². The Morgan fingerprint density at radius 1 is 1.54 bits per heavy atom. The minimum atomic E-state index is 0.349. The van der Waals surface area contributed by atoms with Crippen molar-refractivity contribution in [3.8, 4) is 0 Å². The Morgan fingerprint density at radius 2 is 2.38 bits per heavy atom. The minimum absolute atomic E-state index is 0.349. The van der Waals surface area contributed by atoms with Gasteiger partial charge in [0, 0.05) is 49.5 Å². The Hall–Kier alpha value is -0.910. The molecule has 1 aliphatic rings. The summed E-state index contributed by atoms with van der Waals surface area (Å²) >= 11 is 7.95. The highest BCUT2D eigenvalue weighted by Gasteiger charge is 2.25. The molecular weight excluding hydrogens is 342 g/mol. The molecule has 1 aromatic carbocycles. The fourth-order valence-corrected chi connectivity index (χ4v) is 3.87. The molecule has 2 atom stereocenters. The maximum atomic E-state index is 6.12. The lowest BCUT2D eigenvalue weighted by Gasteiger charge is -2.24. The van der Waals surface area contributed by atoms with E-state index in [-0.39, 0.29) is 0 Å². The van der Waals surface area contributed by atoms with Gasteiger partial charge in [0.05, 0.1) is 6.61 Å². The van der Waals surface area contributed by atoms with E-state index in [1.54, 1.807) is 0 Å². The van der Waals surface area contributed by atoms with Crippen molar-refractivity contribution >= 4 is 29.3 Å². The van der Waals surface area contributed by atoms with E-state index in [2.05, 4.69) is 27.5 Å². The molecule has 1 N–H and O–H groups in total. The average Bonchev–Trinajstić information content (AvgIpc) is 3.05. The third-order valence-electron chi connectivity index (χ3n) is 4.31. The molecule has 0 saturated carbocycles. The van der Waals surface area contributed by atoms with Gasteiger partial charge in [0.25, 0.3) is 0 Å². The molecule has 2 rings (SSSR count). The molecule has 0 spiro atoms. The fraction of sp³-hybridized carbons (Fsp3) is 0.611. The van der Waals surface area contributed by atoms with Crippen molar-refractivity contribution in [3.63, 3.8) is 0 Å². The summed E-state index contributed by atoms with van der Waals surface area (Å²) in [5.41, 5.74) is 1.24. The molecule has 24 heavy (non-hydrogen) atoms. The number of aliphatic imine (C=N–C) groups is 1. The number of rotatable bonds is 7. The van der Waals surface area contributed by atoms with Crippen molar-refractivity contribution < 1.29 is 4.74 Å². The first-order valence-corrected chi connectivity index (χ1v) is 10.2. The number of benzene rings is 1. The second-order valence-electron chi connectivity index (χ2n) is 5.97. The molecule has 4 nitrogen and oxygen atoms in total. The number of guanidine groups is 1. The van der Waals surface area contributed by atoms with Gasteiger partial charge in [-0.05, 0) is 37.3 Å². The fourth-order valence-electron chi connectivity index (χ4n) is 3.01. The topological polar surface area (TPSA) is 36.9 Å². The van der Waals surface area contributed by atoms with Crippen LogP contribution in [0.2, 0.25) is 5.02 Å². The zero-order valence-electron chi connectivity index (χ0n) is 14.8. The highest BCUT2D eigenvalue weighted by molar-refractivity contribution is 7.98. The smallest absolute Gasteiger partial charge is 0.193 e. The highest BCUT2D eigenvalue weighted by atomic mass is 35.5. The second-order valence-corrected chi connectivity index (χ2v) is 7.44. The summed E-state index contributed by atoms with van der Waals surface area (Å²) in [4.78, 5) is 6.79. The molecule has 0 aromatic heterocycles. The molecule has 0 bridgehead atoms. The number of hydrogen-bond donors (Lipinski definition) is 1. The number of halogens is 1. The molecule has 0 aliphatic carbocycles. The first-order chi connectivity index (χ1) is 11.7. The van der Waals surface area contributed by atoms with E-state index in [1.807, 2.05) is 43.9 Å². The maximum absolute atomic E-state index is 6.12. The van der Waals surface area contributed by atoms with Crippen LogP contribution in [0.25, 0.3) is 0 Å². The highest BCUT2D eigenvalue weighted by Crippen LogP contribution is 2.27. The Morgan fingerprint density at radius 3 is 3.04 bits per heavy atom. The summed E-state index contributed by atoms with van der Waals surface area (Å²) in [6.07, 6.45) is 3.30. The van der Waals surface area contributed by atoms with E-state index in [9.17, 15) is 0 Å². The van der Waals surface area contributed by atoms with Crippen LogP contribution in [0, 0.1) is 5.92 Å². The Balaban J connectivity index is 1.89. The monoisotopic (exact) mass is 369 g/mol. The molecule has 6 heteroatoms. The summed E-state index contributed by atoms with van der Waals surface area (Å²) < 4.78 is 5.56. The molecule has 2 unspecified atom stereocenters. The number of thioether (sulfide) groups is 1. The molecule has 1 heterocycles. The van der Waals surface area contributed by atoms with Crippen molar-refractivity contribution in [1.82, 2.24) is 10.2 Å². The van der Waals surface area contributed by atoms with Gasteiger partial charge in [0.15, 0.2) is 5.96 Å². The van der Waals surface area contributed by atoms with Crippen LogP contribution in [0.1, 0.15) is 24.2 Å². The number of nitrogens with one attached hydrogen (secondary N) is 1. The quantitative estimate of drug-likeness (QED) is 0.587. The van der Waals surface area contributed by atoms with E-state index in [0.717, 1.165) is 43.8 Å². The van der Waals surface area contributed by atoms with Crippen LogP contribution < -0.4 is 5.32 Å². The summed E-state index contributed by atoms with van der Waals surface area (Å²) in [6, 6.07) is 8.10. The van der Waals surface area contributed by atoms with Crippen molar-refractivity contribution in [2.75, 3.05) is 46.2 Å². The molecule has 1 aromatic rings. The number of hydrogen-bond acceptors (Lipinski definition) is 3. The predicted octanol–water partition coefficient (Wildman–Crippen LogP) is 3.68. The molecular formula is C18H28ClN3OS. The van der Waals surface area contributed by atoms with E-state index < -0.39 is 0 Å². The Bertz CT molecular complexity index is 541. The van der Waals surface area contributed by atoms with Gasteiger partial charge >= 0.3 is 0 Å². The molecule has 134 valence electrons. The first kappa shape index (κ1) is 19.4. The van der Waals surface area contributed by atoms with Crippen molar-refractivity contribution in [2.45, 2.75) is 18.6 Å². The number of nitrogens with zero attached hydrogens (tertiary/aromatic N) is 2. The third-order valence-corrected chi connectivity index (χ3v) is 5.55. The van der Waals surface area contributed by atoms with Gasteiger partial charge in [0.2, 0.25) is 0 Å². The van der Waals surface area contributed by atoms with Crippen molar-refractivity contribution in [1.29, 1.82) is 0 Å². The first-order valence-electron chi connectivity index (χ1n) is 8.49. The molecule has 0 amide bonds. The average molecular weight is 370 g/mol. The largest absolute Gasteiger partial charge is 0.381 e. The molecule has 1 fully saturated rings. The summed E-state index contributed by atoms with van der Waals surface area (Å²) in [5, 5.41) is 4.66. The summed E-state index contributed by atoms with van der Waals surface area (Å²) in [5.74, 6) is 1.59. The Labute approximate surface area is 155 Å². The van der Waals surface area contributed by atoms with Crippen LogP contribution in [0.5, 0.6) is 0 Å². The molecule has 0 radical (unpaired) electrons. The lowest BCUT2D eigenvalue weighted by atomic mass is 10.1. The SMILES string of the molecule is CCOCC1CCN(C(=NC)NCC(SC)c2cccc(Cl)c2)C1. The number of ether oxygens (including phenoxy) is 1. The van der Waals surface area contributed by atoms with Gasteiger partial charge in [-0.25, -0.2) is 0 Å². The van der Waals surface area contributed by atoms with Gasteiger partial charge in [-0.2, -0.15) is 11.8 Å². The predicted molar refractivity (Wildman–Crippen MR) is 105 cm³/mol. The van der Waals surface area contributed by atoms with Crippen LogP contribution in [0.4, 0.5) is 0 Å². The maximum Gasteiger partial charge on any atom is 0.193 e. The second kappa shape index (κ2) is 10.2. The van der Waals surface area contributed by atoms with Gasteiger partial charge in [-0.3, -0.25) is 4.99 Å². The normalized spacial score (nSPS) is 19.6. The minimum Gasteiger partial charge on any atom is -0.381 e. The van der Waals surface area contributed by atoms with Gasteiger partial charge in [-0.15, -0.1) is 0 Å². The van der Waals surface area contributed by atoms with Crippen LogP contribution in [-0.2, 0) is 4.74 Å². The van der Waals surface area contributed by atoms with Crippen LogP contribution in [0.3, 0.4) is 0 Å². The van der Waals surface area contributed by atoms with Gasteiger partial charge in [-0.1, -0.05) is 23.7 Å². The summed E-state index contributed by atoms with van der Waals surface area (Å²) in [7, 11) is 1.85. The van der Waals surface area contributed by atoms with Gasteiger partial charge < -0.3 is 15.0 Å². The zero-order chi connectivity index (χ0) is 17.4. The zero-order valence-corrected chi connectivity index (χ0v) is 16.4. The van der Waals surface area contributed by atoms with E-state index >= 15 is 0 Å². The molecule has 1 aliphatic heterocycles. The lowest BCUT2D eigenvalue weighted by molar-refractivity contribution is 0.114. The van der Waals surface area contributed by atoms with Crippen LogP contribution >= 0.6 is 23.4 Å². The van der Waals surface area contributed by atoms with E-state index in [4.69, 9.17) is 16.3 Å². The number of likely N-dealkylation sites (tertiary alicyclic amines) is 1. The van der Waals surface area contributed by atoms with Crippen molar-refractivity contribution in [3.05, 3.63) is 34.9 Å². The standard InChI is InChI=1S/C18H28ClN3OS/c1-4-23-13-14-8-9-22(12-14)18(20-2)21-11-17(24-3)15-6-5-7-16(19)10-15/h5-7,10,14,17H,4,8-9,11-13H2,1-3H3,(H,20,21). The molecule has 1 saturated heterocycles. The lowest BCUT2D eigenvalue weighted by Crippen LogP contribution is -2.41. The Kier molecular flexibility index (Phi) is 8.22. The van der Waals surface area contributed by atoms with E-state index in [0.29, 0.717) is 11.2 Å². The van der Waals surface area contributed by atoms with Gasteiger partial charge in [0.1, 0.15) is 0 Å². The van der Waals surface area contributed by atoms with E-state index in [1.165, 1.54) is 12.0 Å². The summed E-state index contributed by atoms with van der Waals surface area (Å²) in [6.45, 7) is 6.57. The third kappa shape index (κ3) is 5.57. The van der Waals surface area contributed by atoms with Crippen LogP contribution in [-0.4, -0.2) is 57.0 Å². The van der Waals surface area contributed by atoms with Crippen LogP contribution in [0.15, 0.2) is 29.3 Å².